The Morgan fingerprint density at radius 2 is 2.06 bits per heavy atom. The van der Waals surface area contributed by atoms with Crippen LogP contribution in [0.1, 0.15) is 20.8 Å². The highest BCUT2D eigenvalue weighted by molar-refractivity contribution is 9.10. The lowest BCUT2D eigenvalue weighted by Crippen LogP contribution is -2.12. The Morgan fingerprint density at radius 1 is 1.19 bits per heavy atom. The third kappa shape index (κ3) is 4.98. The Balaban J connectivity index is 1.40. The van der Waals surface area contributed by atoms with E-state index in [2.05, 4.69) is 40.9 Å². The molecule has 0 saturated carbocycles. The molecule has 4 rings (SSSR count). The van der Waals surface area contributed by atoms with E-state index < -0.39 is 5.97 Å². The number of methoxy groups -OCH3 is 1. The number of aromatic nitrogens is 3. The van der Waals surface area contributed by atoms with E-state index >= 15 is 0 Å². The first-order valence-corrected chi connectivity index (χ1v) is 10.6. The van der Waals surface area contributed by atoms with Crippen molar-refractivity contribution in [1.82, 2.24) is 15.0 Å². The van der Waals surface area contributed by atoms with E-state index in [1.54, 1.807) is 29.8 Å². The number of thiazole rings is 1. The molecular weight excluding hydrogens is 484 g/mol. The second-order valence-electron chi connectivity index (χ2n) is 6.23. The molecule has 0 saturated heterocycles. The van der Waals surface area contributed by atoms with Gasteiger partial charge in [-0.05, 0) is 30.3 Å². The first-order valence-electron chi connectivity index (χ1n) is 8.95. The van der Waals surface area contributed by atoms with Crippen molar-refractivity contribution in [3.05, 3.63) is 76.0 Å². The number of ether oxygens (including phenoxy) is 2. The number of rotatable bonds is 6. The van der Waals surface area contributed by atoms with E-state index in [0.29, 0.717) is 39.3 Å². The van der Waals surface area contributed by atoms with E-state index in [4.69, 9.17) is 4.74 Å². The second kappa shape index (κ2) is 9.11. The molecule has 31 heavy (non-hydrogen) atoms. The minimum atomic E-state index is -0.463. The molecule has 0 atom stereocenters. The molecule has 0 aliphatic rings. The molecule has 4 aromatic rings. The SMILES string of the molecule is COC(=O)c1cc(-c2csc(NC(=O)c3ccc(Oc4cccc(Br)c4)nc3)n2)c[nH]1. The lowest BCUT2D eigenvalue weighted by molar-refractivity contribution is 0.0594. The molecule has 0 radical (unpaired) electrons. The number of anilines is 1. The van der Waals surface area contributed by atoms with Crippen molar-refractivity contribution < 1.29 is 19.1 Å². The van der Waals surface area contributed by atoms with Crippen molar-refractivity contribution in [2.75, 3.05) is 12.4 Å². The minimum absolute atomic E-state index is 0.326. The van der Waals surface area contributed by atoms with Crippen LogP contribution in [0.15, 0.2) is 64.7 Å². The summed E-state index contributed by atoms with van der Waals surface area (Å²) >= 11 is 4.66. The van der Waals surface area contributed by atoms with E-state index in [9.17, 15) is 9.59 Å². The van der Waals surface area contributed by atoms with Crippen LogP contribution in [0.3, 0.4) is 0 Å². The number of hydrogen-bond donors (Lipinski definition) is 2. The van der Waals surface area contributed by atoms with Gasteiger partial charge < -0.3 is 14.5 Å². The van der Waals surface area contributed by atoms with Crippen LogP contribution in [0.5, 0.6) is 11.6 Å². The zero-order valence-corrected chi connectivity index (χ0v) is 18.5. The summed E-state index contributed by atoms with van der Waals surface area (Å²) in [6.45, 7) is 0. The number of nitrogens with one attached hydrogen (secondary N) is 2. The average Bonchev–Trinajstić information content (AvgIpc) is 3.43. The fourth-order valence-electron chi connectivity index (χ4n) is 2.63. The first-order chi connectivity index (χ1) is 15.0. The number of nitrogens with zero attached hydrogens (tertiary/aromatic N) is 2. The van der Waals surface area contributed by atoms with Crippen molar-refractivity contribution >= 4 is 44.3 Å². The van der Waals surface area contributed by atoms with Crippen LogP contribution in [0.25, 0.3) is 11.3 Å². The Bertz CT molecular complexity index is 1240. The zero-order chi connectivity index (χ0) is 21.8. The van der Waals surface area contributed by atoms with Gasteiger partial charge in [0.25, 0.3) is 5.91 Å². The van der Waals surface area contributed by atoms with Gasteiger partial charge in [-0.15, -0.1) is 11.3 Å². The molecule has 1 aromatic carbocycles. The van der Waals surface area contributed by atoms with Crippen LogP contribution >= 0.6 is 27.3 Å². The van der Waals surface area contributed by atoms with Gasteiger partial charge in [-0.2, -0.15) is 0 Å². The Kier molecular flexibility index (Phi) is 6.10. The fraction of sp³-hybridized carbons (Fsp3) is 0.0476. The number of benzene rings is 1. The summed E-state index contributed by atoms with van der Waals surface area (Å²) in [6.07, 6.45) is 3.09. The van der Waals surface area contributed by atoms with Crippen LogP contribution in [-0.2, 0) is 4.74 Å². The number of pyridine rings is 1. The van der Waals surface area contributed by atoms with Gasteiger partial charge in [-0.25, -0.2) is 14.8 Å². The van der Waals surface area contributed by atoms with Crippen molar-refractivity contribution in [3.8, 4) is 22.9 Å². The Hall–Kier alpha value is -3.50. The second-order valence-corrected chi connectivity index (χ2v) is 8.00. The maximum atomic E-state index is 12.5. The van der Waals surface area contributed by atoms with Gasteiger partial charge in [0.2, 0.25) is 5.88 Å². The molecular formula is C21H15BrN4O4S. The highest BCUT2D eigenvalue weighted by atomic mass is 79.9. The lowest BCUT2D eigenvalue weighted by Gasteiger charge is -2.06. The number of carbonyl (C=O) groups excluding carboxylic acids is 2. The molecule has 0 bridgehead atoms. The third-order valence-electron chi connectivity index (χ3n) is 4.13. The first kappa shape index (κ1) is 20.8. The fourth-order valence-corrected chi connectivity index (χ4v) is 3.72. The molecule has 2 N–H and O–H groups in total. The van der Waals surface area contributed by atoms with Crippen LogP contribution in [0.2, 0.25) is 0 Å². The molecule has 3 aromatic heterocycles. The number of halogens is 1. The van der Waals surface area contributed by atoms with E-state index in [1.165, 1.54) is 24.6 Å². The summed E-state index contributed by atoms with van der Waals surface area (Å²) in [4.78, 5) is 35.5. The molecule has 3 heterocycles. The summed E-state index contributed by atoms with van der Waals surface area (Å²) < 4.78 is 11.2. The van der Waals surface area contributed by atoms with Gasteiger partial charge in [-0.1, -0.05) is 22.0 Å². The maximum absolute atomic E-state index is 12.5. The van der Waals surface area contributed by atoms with Crippen molar-refractivity contribution in [2.24, 2.45) is 0 Å². The topological polar surface area (TPSA) is 106 Å². The highest BCUT2D eigenvalue weighted by Crippen LogP contribution is 2.26. The zero-order valence-electron chi connectivity index (χ0n) is 16.1. The Labute approximate surface area is 189 Å². The number of H-pyrrole nitrogens is 1. The minimum Gasteiger partial charge on any atom is -0.464 e. The standard InChI is InChI=1S/C21H15BrN4O4S/c1-29-20(28)16-7-13(10-23-16)17-11-31-21(25-17)26-19(27)12-5-6-18(24-9-12)30-15-4-2-3-14(22)8-15/h2-11,23H,1H3,(H,25,26,27). The van der Waals surface area contributed by atoms with Gasteiger partial charge in [0, 0.05) is 33.9 Å². The number of carbonyl (C=O) groups is 2. The van der Waals surface area contributed by atoms with E-state index in [1.807, 2.05) is 24.3 Å². The highest BCUT2D eigenvalue weighted by Gasteiger charge is 2.14. The average molecular weight is 499 g/mol. The molecule has 0 fully saturated rings. The molecule has 8 nitrogen and oxygen atoms in total. The van der Waals surface area contributed by atoms with E-state index in [-0.39, 0.29) is 5.91 Å². The van der Waals surface area contributed by atoms with Crippen molar-refractivity contribution in [2.45, 2.75) is 0 Å². The monoisotopic (exact) mass is 498 g/mol. The number of amides is 1. The molecule has 10 heteroatoms. The van der Waals surface area contributed by atoms with Crippen LogP contribution in [0.4, 0.5) is 5.13 Å². The number of aromatic amines is 1. The van der Waals surface area contributed by atoms with Crippen LogP contribution in [-0.4, -0.2) is 33.9 Å². The molecule has 0 unspecified atom stereocenters. The van der Waals surface area contributed by atoms with Gasteiger partial charge >= 0.3 is 5.97 Å². The number of hydrogen-bond acceptors (Lipinski definition) is 7. The summed E-state index contributed by atoms with van der Waals surface area (Å²) in [5, 5.41) is 4.96. The van der Waals surface area contributed by atoms with Gasteiger partial charge in [0.1, 0.15) is 11.4 Å². The van der Waals surface area contributed by atoms with Crippen LogP contribution < -0.4 is 10.1 Å². The van der Waals surface area contributed by atoms with Gasteiger partial charge in [0.05, 0.1) is 18.4 Å². The summed E-state index contributed by atoms with van der Waals surface area (Å²) in [5.41, 5.74) is 2.04. The summed E-state index contributed by atoms with van der Waals surface area (Å²) in [7, 11) is 1.31. The maximum Gasteiger partial charge on any atom is 0.354 e. The number of esters is 1. The van der Waals surface area contributed by atoms with Crippen LogP contribution in [0, 0.1) is 0 Å². The predicted molar refractivity (Wildman–Crippen MR) is 120 cm³/mol. The molecule has 156 valence electrons. The largest absolute Gasteiger partial charge is 0.464 e. The Morgan fingerprint density at radius 3 is 2.81 bits per heavy atom. The predicted octanol–water partition coefficient (Wildman–Crippen LogP) is 5.13. The quantitative estimate of drug-likeness (QED) is 0.357. The molecule has 0 aliphatic heterocycles. The van der Waals surface area contributed by atoms with Crippen molar-refractivity contribution in [1.29, 1.82) is 0 Å². The van der Waals surface area contributed by atoms with Gasteiger partial charge in [0.15, 0.2) is 5.13 Å². The summed E-state index contributed by atoms with van der Waals surface area (Å²) in [6, 6.07) is 12.3. The third-order valence-corrected chi connectivity index (χ3v) is 5.38. The summed E-state index contributed by atoms with van der Waals surface area (Å²) in [5.74, 6) is 0.205. The van der Waals surface area contributed by atoms with Gasteiger partial charge in [-0.3, -0.25) is 10.1 Å². The van der Waals surface area contributed by atoms with E-state index in [0.717, 1.165) is 4.47 Å². The molecule has 0 spiro atoms. The lowest BCUT2D eigenvalue weighted by atomic mass is 10.2. The smallest absolute Gasteiger partial charge is 0.354 e. The molecule has 1 amide bonds. The molecule has 0 aliphatic carbocycles. The van der Waals surface area contributed by atoms with Crippen molar-refractivity contribution in [3.63, 3.8) is 0 Å². The normalized spacial score (nSPS) is 10.5.